The highest BCUT2D eigenvalue weighted by Gasteiger charge is 2.23. The topological polar surface area (TPSA) is 128 Å². The lowest BCUT2D eigenvalue weighted by Gasteiger charge is -2.22. The lowest BCUT2D eigenvalue weighted by atomic mass is 9.84. The number of ether oxygens (including phenoxy) is 3. The number of nitrogens with one attached hydrogen (secondary N) is 1. The van der Waals surface area contributed by atoms with Crippen LogP contribution in [0.3, 0.4) is 0 Å². The molecule has 1 fully saturated rings. The summed E-state index contributed by atoms with van der Waals surface area (Å²) in [7, 11) is -0.676. The van der Waals surface area contributed by atoms with E-state index in [2.05, 4.69) is 4.72 Å². The van der Waals surface area contributed by atoms with Crippen molar-refractivity contribution < 1.29 is 37.0 Å². The van der Waals surface area contributed by atoms with Gasteiger partial charge in [0.1, 0.15) is 13.2 Å². The number of carbonyl (C=O) groups is 3. The zero-order chi connectivity index (χ0) is 30.8. The van der Waals surface area contributed by atoms with E-state index in [0.29, 0.717) is 36.2 Å². The van der Waals surface area contributed by atoms with Crippen LogP contribution < -0.4 is 14.2 Å². The number of hydrogen-bond donors (Lipinski definition) is 1. The van der Waals surface area contributed by atoms with Gasteiger partial charge in [0.15, 0.2) is 23.9 Å². The number of fused-ring (bicyclic) bond motifs is 1. The average molecular weight is 609 g/mol. The van der Waals surface area contributed by atoms with Crippen LogP contribution in [-0.4, -0.2) is 65.4 Å². The number of Topliss-reactive ketones (excluding diaryl/α,β-unsaturated/α-hetero) is 1. The first-order chi connectivity index (χ1) is 20.7. The highest BCUT2D eigenvalue weighted by atomic mass is 32.2. The van der Waals surface area contributed by atoms with E-state index in [-0.39, 0.29) is 21.9 Å². The number of para-hydroxylation sites is 1. The molecule has 0 saturated heterocycles. The molecule has 0 radical (unpaired) electrons. The smallest absolute Gasteiger partial charge is 0.340 e. The van der Waals surface area contributed by atoms with Gasteiger partial charge in [0.25, 0.3) is 10.0 Å². The van der Waals surface area contributed by atoms with Crippen molar-refractivity contribution in [1.82, 2.24) is 4.90 Å². The maximum atomic E-state index is 13.0. The maximum absolute atomic E-state index is 13.0. The summed E-state index contributed by atoms with van der Waals surface area (Å²) < 4.78 is 44.7. The van der Waals surface area contributed by atoms with E-state index in [9.17, 15) is 22.8 Å². The van der Waals surface area contributed by atoms with Gasteiger partial charge in [-0.2, -0.15) is 0 Å². The fourth-order valence-corrected chi connectivity index (χ4v) is 5.91. The Morgan fingerprint density at radius 1 is 0.930 bits per heavy atom. The van der Waals surface area contributed by atoms with Crippen LogP contribution in [0.25, 0.3) is 0 Å². The van der Waals surface area contributed by atoms with E-state index < -0.39 is 22.6 Å². The van der Waals surface area contributed by atoms with Gasteiger partial charge in [-0.15, -0.1) is 0 Å². The van der Waals surface area contributed by atoms with Crippen LogP contribution in [0, 0.1) is 0 Å². The molecule has 3 aromatic carbocycles. The first-order valence-electron chi connectivity index (χ1n) is 14.1. The highest BCUT2D eigenvalue weighted by Crippen LogP contribution is 2.34. The second-order valence-corrected chi connectivity index (χ2v) is 12.2. The molecule has 10 nitrogen and oxygen atoms in total. The van der Waals surface area contributed by atoms with E-state index in [4.69, 9.17) is 14.2 Å². The second kappa shape index (κ2) is 14.7. The van der Waals surface area contributed by atoms with E-state index in [1.807, 2.05) is 12.1 Å². The largest absolute Gasteiger partial charge is 0.486 e. The summed E-state index contributed by atoms with van der Waals surface area (Å²) in [6.07, 6.45) is 6.83. The van der Waals surface area contributed by atoms with Gasteiger partial charge in [-0.05, 0) is 48.6 Å². The molecule has 1 heterocycles. The van der Waals surface area contributed by atoms with Crippen molar-refractivity contribution in [2.75, 3.05) is 38.6 Å². The Labute approximate surface area is 252 Å². The number of amides is 1. The number of ketones is 1. The molecular formula is C32H36N2O8S. The second-order valence-electron chi connectivity index (χ2n) is 10.5. The Bertz CT molecular complexity index is 1530. The minimum Gasteiger partial charge on any atom is -0.486 e. The van der Waals surface area contributed by atoms with Crippen LogP contribution in [0.1, 0.15) is 64.3 Å². The van der Waals surface area contributed by atoms with E-state index in [1.54, 1.807) is 38.4 Å². The third-order valence-corrected chi connectivity index (χ3v) is 8.43. The molecular weight excluding hydrogens is 572 g/mol. The summed E-state index contributed by atoms with van der Waals surface area (Å²) in [5, 5.41) is 0. The first-order valence-corrected chi connectivity index (χ1v) is 15.6. The van der Waals surface area contributed by atoms with Crippen LogP contribution in [0.4, 0.5) is 5.69 Å². The van der Waals surface area contributed by atoms with Crippen LogP contribution in [0.2, 0.25) is 0 Å². The molecule has 0 bridgehead atoms. The van der Waals surface area contributed by atoms with Crippen molar-refractivity contribution >= 4 is 33.9 Å². The molecule has 0 spiro atoms. The molecule has 1 aliphatic heterocycles. The summed E-state index contributed by atoms with van der Waals surface area (Å²) in [4.78, 5) is 36.3. The fourth-order valence-electron chi connectivity index (χ4n) is 4.81. The average Bonchev–Trinajstić information content (AvgIpc) is 3.04. The van der Waals surface area contributed by atoms with Gasteiger partial charge in [0.05, 0.1) is 16.1 Å². The van der Waals surface area contributed by atoms with Crippen molar-refractivity contribution in [3.8, 4) is 11.5 Å². The monoisotopic (exact) mass is 608 g/mol. The summed E-state index contributed by atoms with van der Waals surface area (Å²) in [6, 6.07) is 17.9. The van der Waals surface area contributed by atoms with Gasteiger partial charge in [-0.25, -0.2) is 13.2 Å². The predicted molar refractivity (Wildman–Crippen MR) is 161 cm³/mol. The van der Waals surface area contributed by atoms with Crippen LogP contribution in [-0.2, 0) is 19.6 Å². The van der Waals surface area contributed by atoms with Crippen LogP contribution >= 0.6 is 0 Å². The minimum absolute atomic E-state index is 0.00550. The lowest BCUT2D eigenvalue weighted by molar-refractivity contribution is -0.115. The van der Waals surface area contributed by atoms with Gasteiger partial charge in [-0.1, -0.05) is 55.7 Å². The Morgan fingerprint density at radius 3 is 2.26 bits per heavy atom. The number of carbonyl (C=O) groups excluding carboxylic acids is 3. The molecule has 1 saturated carbocycles. The molecule has 0 aromatic heterocycles. The first kappa shape index (κ1) is 31.6. The Kier molecular flexibility index (Phi) is 10.8. The van der Waals surface area contributed by atoms with E-state index in [1.165, 1.54) is 72.9 Å². The SMILES string of the molecule is CN(C)C=O.O=C(COC(=O)c1ccccc1NS(=O)(=O)c1ccc2c(c1)OCCO2)c1ccc(C2CCCCC2)cc1. The molecule has 43 heavy (non-hydrogen) atoms. The number of sulfonamides is 1. The predicted octanol–water partition coefficient (Wildman–Crippen LogP) is 5.05. The van der Waals surface area contributed by atoms with Crippen molar-refractivity contribution in [2.45, 2.75) is 42.9 Å². The number of benzene rings is 3. The van der Waals surface area contributed by atoms with Gasteiger partial charge in [0.2, 0.25) is 6.41 Å². The molecule has 3 aromatic rings. The van der Waals surface area contributed by atoms with Crippen LogP contribution in [0.15, 0.2) is 71.6 Å². The molecule has 1 N–H and O–H groups in total. The highest BCUT2D eigenvalue weighted by molar-refractivity contribution is 7.92. The van der Waals surface area contributed by atoms with E-state index >= 15 is 0 Å². The van der Waals surface area contributed by atoms with Gasteiger partial charge in [0, 0.05) is 25.7 Å². The number of esters is 1. The summed E-state index contributed by atoms with van der Waals surface area (Å²) >= 11 is 0. The summed E-state index contributed by atoms with van der Waals surface area (Å²) in [5.74, 6) is 0.193. The fraction of sp³-hybridized carbons (Fsp3) is 0.344. The normalized spacial score (nSPS) is 14.5. The molecule has 5 rings (SSSR count). The molecule has 0 atom stereocenters. The molecule has 11 heteroatoms. The van der Waals surface area contributed by atoms with Gasteiger partial charge in [-0.3, -0.25) is 14.3 Å². The van der Waals surface area contributed by atoms with Gasteiger partial charge >= 0.3 is 5.97 Å². The molecule has 2 aliphatic rings. The quantitative estimate of drug-likeness (QED) is 0.203. The number of anilines is 1. The van der Waals surface area contributed by atoms with Crippen molar-refractivity contribution in [3.63, 3.8) is 0 Å². The summed E-state index contributed by atoms with van der Waals surface area (Å²) in [6.45, 7) is 0.258. The molecule has 1 aliphatic carbocycles. The van der Waals surface area contributed by atoms with Crippen LogP contribution in [0.5, 0.6) is 11.5 Å². The van der Waals surface area contributed by atoms with E-state index in [0.717, 1.165) is 6.41 Å². The molecule has 1 amide bonds. The standard InChI is InChI=1S/C29H29NO7S.C3H7NO/c31-26(22-12-10-21(11-13-22)20-6-2-1-3-7-20)19-37-29(32)24-8-4-5-9-25(24)30-38(33,34)23-14-15-27-28(18-23)36-17-16-35-27;1-4(2)3-5/h4-5,8-15,18,20,30H,1-3,6-7,16-17,19H2;3H,1-2H3. The van der Waals surface area contributed by atoms with Crippen molar-refractivity contribution in [2.24, 2.45) is 0 Å². The zero-order valence-electron chi connectivity index (χ0n) is 24.3. The molecule has 228 valence electrons. The third-order valence-electron chi connectivity index (χ3n) is 7.07. The lowest BCUT2D eigenvalue weighted by Crippen LogP contribution is -2.19. The van der Waals surface area contributed by atoms with Gasteiger partial charge < -0.3 is 19.1 Å². The summed E-state index contributed by atoms with van der Waals surface area (Å²) in [5.41, 5.74) is 1.73. The minimum atomic E-state index is -4.05. The van der Waals surface area contributed by atoms with Crippen molar-refractivity contribution in [1.29, 1.82) is 0 Å². The Morgan fingerprint density at radius 2 is 1.58 bits per heavy atom. The third kappa shape index (κ3) is 8.57. The Balaban J connectivity index is 0.000000782. The number of rotatable bonds is 9. The Hall–Kier alpha value is -4.38. The van der Waals surface area contributed by atoms with Crippen molar-refractivity contribution in [3.05, 3.63) is 83.4 Å². The number of hydrogen-bond acceptors (Lipinski definition) is 8. The number of nitrogens with zero attached hydrogens (tertiary/aromatic N) is 1. The maximum Gasteiger partial charge on any atom is 0.340 e. The zero-order valence-corrected chi connectivity index (χ0v) is 25.1. The molecule has 0 unspecified atom stereocenters.